The van der Waals surface area contributed by atoms with Crippen molar-refractivity contribution in [1.82, 2.24) is 9.71 Å². The number of amides is 2. The van der Waals surface area contributed by atoms with Gasteiger partial charge in [-0.25, -0.2) is 27.7 Å². The number of ether oxygens (including phenoxy) is 1. The van der Waals surface area contributed by atoms with Gasteiger partial charge in [-0.2, -0.15) is 0 Å². The molecule has 0 unspecified atom stereocenters. The maximum Gasteiger partial charge on any atom is 0.381 e. The van der Waals surface area contributed by atoms with Gasteiger partial charge in [0, 0.05) is 5.38 Å². The monoisotopic (exact) mass is 397 g/mol. The molecule has 0 spiro atoms. The highest BCUT2D eigenvalue weighted by molar-refractivity contribution is 7.90. The molecule has 26 heavy (non-hydrogen) atoms. The quantitative estimate of drug-likeness (QED) is 0.431. The number of Topliss-reactive ketones (excluding diaryl/α,β-unsaturated/α-hetero) is 1. The second-order valence-electron chi connectivity index (χ2n) is 4.96. The molecule has 0 aliphatic rings. The highest BCUT2D eigenvalue weighted by Gasteiger charge is 2.22. The Kier molecular flexibility index (Phi) is 6.05. The topological polar surface area (TPSA) is 132 Å². The summed E-state index contributed by atoms with van der Waals surface area (Å²) in [5, 5.41) is 3.41. The van der Waals surface area contributed by atoms with Crippen LogP contribution in [0.2, 0.25) is 0 Å². The van der Waals surface area contributed by atoms with Crippen LogP contribution in [0.3, 0.4) is 0 Å². The van der Waals surface area contributed by atoms with E-state index in [0.29, 0.717) is 0 Å². The van der Waals surface area contributed by atoms with Crippen LogP contribution in [0, 0.1) is 6.92 Å². The van der Waals surface area contributed by atoms with Crippen LogP contribution in [-0.4, -0.2) is 37.8 Å². The number of aromatic nitrogens is 1. The summed E-state index contributed by atoms with van der Waals surface area (Å²) in [5.74, 6) is -2.01. The Morgan fingerprint density at radius 3 is 2.46 bits per heavy atom. The molecule has 0 aliphatic heterocycles. The van der Waals surface area contributed by atoms with Crippen molar-refractivity contribution in [3.05, 3.63) is 40.9 Å². The van der Waals surface area contributed by atoms with E-state index in [-0.39, 0.29) is 22.3 Å². The third-order valence-corrected chi connectivity index (χ3v) is 5.08. The molecule has 0 saturated carbocycles. The number of aryl methyl sites for hydroxylation is 1. The number of nitrogens with zero attached hydrogens (tertiary/aromatic N) is 1. The molecule has 0 fully saturated rings. The number of hydrogen-bond acceptors (Lipinski definition) is 8. The van der Waals surface area contributed by atoms with Crippen molar-refractivity contribution in [3.8, 4) is 0 Å². The van der Waals surface area contributed by atoms with E-state index in [4.69, 9.17) is 0 Å². The number of nitrogens with one attached hydrogen (secondary N) is 2. The zero-order valence-corrected chi connectivity index (χ0v) is 15.4. The summed E-state index contributed by atoms with van der Waals surface area (Å²) < 4.78 is 30.6. The fourth-order valence-electron chi connectivity index (χ4n) is 1.76. The normalized spacial score (nSPS) is 10.8. The van der Waals surface area contributed by atoms with Crippen LogP contribution in [0.15, 0.2) is 34.5 Å². The Labute approximate surface area is 153 Å². The highest BCUT2D eigenvalue weighted by Crippen LogP contribution is 2.16. The predicted molar refractivity (Wildman–Crippen MR) is 93.6 cm³/mol. The van der Waals surface area contributed by atoms with Crippen molar-refractivity contribution in [2.24, 2.45) is 0 Å². The zero-order valence-electron chi connectivity index (χ0n) is 13.8. The highest BCUT2D eigenvalue weighted by atomic mass is 32.2. The lowest BCUT2D eigenvalue weighted by molar-refractivity contribution is -0.137. The zero-order chi connectivity index (χ0) is 19.3. The minimum Gasteiger partial charge on any atom is -0.460 e. The molecule has 0 aliphatic carbocycles. The number of urea groups is 1. The standard InChI is InChI=1S/C15H15N3O6S2/c1-3-24-13(20)12(19)11-8-25-15(16-11)17-14(21)18-26(22,23)10-6-4-9(2)5-7-10/h4-8H,3H2,1-2H3,(H2,16,17,18,21). The molecule has 9 nitrogen and oxygen atoms in total. The summed E-state index contributed by atoms with van der Waals surface area (Å²) in [6, 6.07) is 4.88. The number of carbonyl (C=O) groups is 3. The molecule has 2 rings (SSSR count). The van der Waals surface area contributed by atoms with Gasteiger partial charge in [0.15, 0.2) is 5.13 Å². The van der Waals surface area contributed by atoms with Crippen LogP contribution in [0.1, 0.15) is 23.0 Å². The van der Waals surface area contributed by atoms with Crippen molar-refractivity contribution < 1.29 is 27.5 Å². The second-order valence-corrected chi connectivity index (χ2v) is 7.50. The van der Waals surface area contributed by atoms with E-state index >= 15 is 0 Å². The first-order valence-electron chi connectivity index (χ1n) is 7.30. The van der Waals surface area contributed by atoms with Crippen molar-refractivity contribution >= 4 is 44.3 Å². The van der Waals surface area contributed by atoms with Crippen LogP contribution < -0.4 is 10.0 Å². The molecular formula is C15H15N3O6S2. The van der Waals surface area contributed by atoms with E-state index in [0.717, 1.165) is 16.9 Å². The fraction of sp³-hybridized carbons (Fsp3) is 0.200. The van der Waals surface area contributed by atoms with E-state index in [1.54, 1.807) is 26.0 Å². The summed E-state index contributed by atoms with van der Waals surface area (Å²) in [6.45, 7) is 3.39. The first kappa shape index (κ1) is 19.5. The molecule has 1 aromatic heterocycles. The molecular weight excluding hydrogens is 382 g/mol. The lowest BCUT2D eigenvalue weighted by atomic mass is 10.2. The number of ketones is 1. The molecule has 0 radical (unpaired) electrons. The van der Waals surface area contributed by atoms with Gasteiger partial charge in [0.2, 0.25) is 0 Å². The van der Waals surface area contributed by atoms with Gasteiger partial charge in [-0.3, -0.25) is 10.1 Å². The molecule has 2 aromatic rings. The number of esters is 1. The summed E-state index contributed by atoms with van der Waals surface area (Å²) in [6.07, 6.45) is 0. The van der Waals surface area contributed by atoms with Crippen LogP contribution in [0.4, 0.5) is 9.93 Å². The van der Waals surface area contributed by atoms with Gasteiger partial charge in [-0.05, 0) is 26.0 Å². The number of anilines is 1. The molecule has 11 heteroatoms. The number of hydrogen-bond donors (Lipinski definition) is 2. The van der Waals surface area contributed by atoms with Gasteiger partial charge < -0.3 is 4.74 Å². The first-order valence-corrected chi connectivity index (χ1v) is 9.66. The third-order valence-electron chi connectivity index (χ3n) is 2.98. The number of thiazole rings is 1. The predicted octanol–water partition coefficient (Wildman–Crippen LogP) is 1.71. The van der Waals surface area contributed by atoms with E-state index < -0.39 is 27.8 Å². The van der Waals surface area contributed by atoms with Crippen LogP contribution in [-0.2, 0) is 19.6 Å². The lowest BCUT2D eigenvalue weighted by Gasteiger charge is -2.07. The van der Waals surface area contributed by atoms with Gasteiger partial charge in [0.1, 0.15) is 5.69 Å². The summed E-state index contributed by atoms with van der Waals surface area (Å²) in [5.41, 5.74) is 0.667. The number of sulfonamides is 1. The fourth-order valence-corrected chi connectivity index (χ4v) is 3.35. The first-order chi connectivity index (χ1) is 12.2. The lowest BCUT2D eigenvalue weighted by Crippen LogP contribution is -2.34. The average Bonchev–Trinajstić information content (AvgIpc) is 3.02. The molecule has 2 N–H and O–H groups in total. The van der Waals surface area contributed by atoms with Gasteiger partial charge in [-0.1, -0.05) is 17.7 Å². The van der Waals surface area contributed by atoms with Crippen molar-refractivity contribution in [2.75, 3.05) is 11.9 Å². The Morgan fingerprint density at radius 1 is 1.19 bits per heavy atom. The summed E-state index contributed by atoms with van der Waals surface area (Å²) >= 11 is 0.859. The van der Waals surface area contributed by atoms with Gasteiger partial charge in [0.05, 0.1) is 11.5 Å². The molecule has 0 atom stereocenters. The average molecular weight is 397 g/mol. The van der Waals surface area contributed by atoms with E-state index in [1.165, 1.54) is 17.5 Å². The SMILES string of the molecule is CCOC(=O)C(=O)c1csc(NC(=O)NS(=O)(=O)c2ccc(C)cc2)n1. The molecule has 0 saturated heterocycles. The minimum atomic E-state index is -4.05. The van der Waals surface area contributed by atoms with Crippen LogP contribution in [0.25, 0.3) is 0 Å². The molecule has 138 valence electrons. The number of carbonyl (C=O) groups excluding carboxylic acids is 3. The van der Waals surface area contributed by atoms with Crippen molar-refractivity contribution in [1.29, 1.82) is 0 Å². The van der Waals surface area contributed by atoms with Gasteiger partial charge >= 0.3 is 12.0 Å². The van der Waals surface area contributed by atoms with Crippen LogP contribution in [0.5, 0.6) is 0 Å². The largest absolute Gasteiger partial charge is 0.460 e. The van der Waals surface area contributed by atoms with Crippen molar-refractivity contribution in [2.45, 2.75) is 18.7 Å². The number of rotatable bonds is 6. The Morgan fingerprint density at radius 2 is 1.85 bits per heavy atom. The summed E-state index contributed by atoms with van der Waals surface area (Å²) in [4.78, 5) is 38.6. The van der Waals surface area contributed by atoms with E-state index in [9.17, 15) is 22.8 Å². The van der Waals surface area contributed by atoms with Crippen LogP contribution >= 0.6 is 11.3 Å². The Balaban J connectivity index is 2.03. The smallest absolute Gasteiger partial charge is 0.381 e. The molecule has 2 amide bonds. The van der Waals surface area contributed by atoms with Crippen molar-refractivity contribution in [3.63, 3.8) is 0 Å². The maximum absolute atomic E-state index is 12.1. The maximum atomic E-state index is 12.1. The Bertz CT molecular complexity index is 935. The molecule has 1 aromatic carbocycles. The second kappa shape index (κ2) is 8.06. The minimum absolute atomic E-state index is 0.0408. The van der Waals surface area contributed by atoms with E-state index in [2.05, 4.69) is 15.0 Å². The summed E-state index contributed by atoms with van der Waals surface area (Å²) in [7, 11) is -4.05. The van der Waals surface area contributed by atoms with Gasteiger partial charge in [0.25, 0.3) is 15.8 Å². The van der Waals surface area contributed by atoms with E-state index in [1.807, 2.05) is 4.72 Å². The third kappa shape index (κ3) is 4.86. The Hall–Kier alpha value is -2.79. The van der Waals surface area contributed by atoms with Gasteiger partial charge in [-0.15, -0.1) is 11.3 Å². The molecule has 0 bridgehead atoms. The number of benzene rings is 1. The molecule has 1 heterocycles.